The monoisotopic (exact) mass is 266 g/mol. The van der Waals surface area contributed by atoms with E-state index >= 15 is 0 Å². The number of phenolic OH excluding ortho intramolecular Hbond substituents is 2. The Labute approximate surface area is 119 Å². The molecule has 0 saturated carbocycles. The lowest BCUT2D eigenvalue weighted by Crippen LogP contribution is -1.77. The lowest BCUT2D eigenvalue weighted by Gasteiger charge is -1.99. The molecule has 2 rings (SSSR count). The Hall–Kier alpha value is -2.48. The summed E-state index contributed by atoms with van der Waals surface area (Å²) in [5.74, 6) is 0.634. The Balaban J connectivity index is 2.06. The number of aromatic hydroxyl groups is 2. The van der Waals surface area contributed by atoms with E-state index in [-0.39, 0.29) is 0 Å². The van der Waals surface area contributed by atoms with E-state index in [1.54, 1.807) is 12.1 Å². The van der Waals surface area contributed by atoms with E-state index in [0.717, 1.165) is 22.3 Å². The van der Waals surface area contributed by atoms with Crippen molar-refractivity contribution in [1.29, 1.82) is 0 Å². The topological polar surface area (TPSA) is 40.5 Å². The predicted molar refractivity (Wildman–Crippen MR) is 83.8 cm³/mol. The average molecular weight is 266 g/mol. The summed E-state index contributed by atoms with van der Waals surface area (Å²) in [4.78, 5) is 0. The van der Waals surface area contributed by atoms with Crippen molar-refractivity contribution >= 4 is 12.2 Å². The Kier molecular flexibility index (Phi) is 4.26. The van der Waals surface area contributed by atoms with Crippen molar-refractivity contribution in [2.24, 2.45) is 0 Å². The molecule has 102 valence electrons. The van der Waals surface area contributed by atoms with Crippen LogP contribution >= 0.6 is 0 Å². The van der Waals surface area contributed by atoms with Crippen LogP contribution < -0.4 is 0 Å². The zero-order valence-electron chi connectivity index (χ0n) is 11.7. The molecule has 0 aliphatic rings. The smallest absolute Gasteiger partial charge is 0.118 e. The molecule has 0 fully saturated rings. The summed E-state index contributed by atoms with van der Waals surface area (Å²) in [6, 6.07) is 11.0. The Morgan fingerprint density at radius 2 is 1.10 bits per heavy atom. The summed E-state index contributed by atoms with van der Waals surface area (Å²) in [5.41, 5.74) is 3.83. The summed E-state index contributed by atoms with van der Waals surface area (Å²) in [5, 5.41) is 18.9. The highest BCUT2D eigenvalue weighted by Crippen LogP contribution is 2.19. The molecule has 20 heavy (non-hydrogen) atoms. The Morgan fingerprint density at radius 1 is 0.700 bits per heavy atom. The summed E-state index contributed by atoms with van der Waals surface area (Å²) < 4.78 is 0. The maximum atomic E-state index is 9.45. The summed E-state index contributed by atoms with van der Waals surface area (Å²) in [6.07, 6.45) is 7.87. The minimum atomic E-state index is 0.317. The first-order valence-corrected chi connectivity index (χ1v) is 6.50. The quantitative estimate of drug-likeness (QED) is 0.806. The number of hydrogen-bond acceptors (Lipinski definition) is 2. The maximum absolute atomic E-state index is 9.45. The summed E-state index contributed by atoms with van der Waals surface area (Å²) in [6.45, 7) is 3.75. The Bertz CT molecular complexity index is 608. The first kappa shape index (κ1) is 13.9. The first-order chi connectivity index (χ1) is 9.56. The fourth-order valence-corrected chi connectivity index (χ4v) is 1.90. The molecule has 2 aromatic rings. The second kappa shape index (κ2) is 6.11. The van der Waals surface area contributed by atoms with E-state index < -0.39 is 0 Å². The second-order valence-electron chi connectivity index (χ2n) is 4.81. The lowest BCUT2D eigenvalue weighted by atomic mass is 10.1. The van der Waals surface area contributed by atoms with Gasteiger partial charge in [0.1, 0.15) is 11.5 Å². The van der Waals surface area contributed by atoms with Crippen molar-refractivity contribution in [2.75, 3.05) is 0 Å². The fraction of sp³-hybridized carbons (Fsp3) is 0.111. The molecule has 0 heterocycles. The SMILES string of the molecule is Cc1cc(/C=C/C=C/c2ccc(O)c(C)c2)ccc1O. The lowest BCUT2D eigenvalue weighted by molar-refractivity contribution is 0.470. The highest BCUT2D eigenvalue weighted by molar-refractivity contribution is 5.59. The molecular formula is C18H18O2. The predicted octanol–water partition coefficient (Wildman–Crippen LogP) is 4.44. The van der Waals surface area contributed by atoms with Gasteiger partial charge < -0.3 is 10.2 Å². The molecule has 2 aromatic carbocycles. The zero-order valence-corrected chi connectivity index (χ0v) is 11.7. The van der Waals surface area contributed by atoms with Gasteiger partial charge in [0.25, 0.3) is 0 Å². The minimum absolute atomic E-state index is 0.317. The number of benzene rings is 2. The van der Waals surface area contributed by atoms with E-state index in [0.29, 0.717) is 11.5 Å². The highest BCUT2D eigenvalue weighted by atomic mass is 16.3. The molecule has 0 bridgehead atoms. The van der Waals surface area contributed by atoms with Crippen LogP contribution in [0.3, 0.4) is 0 Å². The minimum Gasteiger partial charge on any atom is -0.508 e. The molecule has 0 aliphatic carbocycles. The van der Waals surface area contributed by atoms with Gasteiger partial charge in [-0.05, 0) is 60.4 Å². The van der Waals surface area contributed by atoms with Crippen LogP contribution in [0.25, 0.3) is 12.2 Å². The molecule has 0 amide bonds. The van der Waals surface area contributed by atoms with Crippen molar-refractivity contribution in [3.63, 3.8) is 0 Å². The van der Waals surface area contributed by atoms with Crippen LogP contribution in [0.2, 0.25) is 0 Å². The van der Waals surface area contributed by atoms with Gasteiger partial charge in [-0.15, -0.1) is 0 Å². The van der Waals surface area contributed by atoms with E-state index in [4.69, 9.17) is 0 Å². The molecule has 0 aliphatic heterocycles. The molecular weight excluding hydrogens is 248 g/mol. The average Bonchev–Trinajstić information content (AvgIpc) is 2.42. The third-order valence-corrected chi connectivity index (χ3v) is 3.13. The third kappa shape index (κ3) is 3.51. The van der Waals surface area contributed by atoms with Crippen LogP contribution in [0, 0.1) is 13.8 Å². The van der Waals surface area contributed by atoms with Crippen LogP contribution in [0.15, 0.2) is 48.6 Å². The van der Waals surface area contributed by atoms with Crippen molar-refractivity contribution in [1.82, 2.24) is 0 Å². The zero-order chi connectivity index (χ0) is 14.5. The molecule has 0 saturated heterocycles. The summed E-state index contributed by atoms with van der Waals surface area (Å²) in [7, 11) is 0. The first-order valence-electron chi connectivity index (χ1n) is 6.50. The molecule has 2 heteroatoms. The van der Waals surface area contributed by atoms with Gasteiger partial charge in [-0.1, -0.05) is 36.4 Å². The van der Waals surface area contributed by atoms with Crippen LogP contribution in [0.1, 0.15) is 22.3 Å². The second-order valence-corrected chi connectivity index (χ2v) is 4.81. The van der Waals surface area contributed by atoms with E-state index in [2.05, 4.69) is 0 Å². The van der Waals surface area contributed by atoms with Gasteiger partial charge in [0.15, 0.2) is 0 Å². The molecule has 0 spiro atoms. The van der Waals surface area contributed by atoms with Gasteiger partial charge in [-0.3, -0.25) is 0 Å². The van der Waals surface area contributed by atoms with Crippen molar-refractivity contribution < 1.29 is 10.2 Å². The number of phenols is 2. The van der Waals surface area contributed by atoms with Gasteiger partial charge >= 0.3 is 0 Å². The van der Waals surface area contributed by atoms with E-state index in [1.807, 2.05) is 62.4 Å². The number of allylic oxidation sites excluding steroid dienone is 2. The number of hydrogen-bond donors (Lipinski definition) is 2. The molecule has 0 aromatic heterocycles. The van der Waals surface area contributed by atoms with Crippen molar-refractivity contribution in [3.05, 3.63) is 70.8 Å². The Morgan fingerprint density at radius 3 is 1.45 bits per heavy atom. The van der Waals surface area contributed by atoms with Gasteiger partial charge in [0, 0.05) is 0 Å². The van der Waals surface area contributed by atoms with Gasteiger partial charge in [0.2, 0.25) is 0 Å². The van der Waals surface area contributed by atoms with Crippen molar-refractivity contribution in [2.45, 2.75) is 13.8 Å². The third-order valence-electron chi connectivity index (χ3n) is 3.13. The van der Waals surface area contributed by atoms with Gasteiger partial charge in [-0.25, -0.2) is 0 Å². The van der Waals surface area contributed by atoms with Gasteiger partial charge in [0.05, 0.1) is 0 Å². The number of aryl methyl sites for hydroxylation is 2. The standard InChI is InChI=1S/C18H18O2/c1-13-11-15(7-9-17(13)19)5-3-4-6-16-8-10-18(20)14(2)12-16/h3-12,19-20H,1-2H3/b5-3+,6-4+. The van der Waals surface area contributed by atoms with Crippen molar-refractivity contribution in [3.8, 4) is 11.5 Å². The molecule has 2 nitrogen and oxygen atoms in total. The van der Waals surface area contributed by atoms with Crippen LogP contribution in [-0.2, 0) is 0 Å². The molecule has 0 atom stereocenters. The van der Waals surface area contributed by atoms with Crippen LogP contribution in [0.5, 0.6) is 11.5 Å². The molecule has 0 unspecified atom stereocenters. The van der Waals surface area contributed by atoms with E-state index in [9.17, 15) is 10.2 Å². The summed E-state index contributed by atoms with van der Waals surface area (Å²) >= 11 is 0. The van der Waals surface area contributed by atoms with Crippen LogP contribution in [0.4, 0.5) is 0 Å². The molecule has 0 radical (unpaired) electrons. The molecule has 2 N–H and O–H groups in total. The van der Waals surface area contributed by atoms with Gasteiger partial charge in [-0.2, -0.15) is 0 Å². The fourth-order valence-electron chi connectivity index (χ4n) is 1.90. The highest BCUT2D eigenvalue weighted by Gasteiger charge is 1.95. The van der Waals surface area contributed by atoms with Crippen LogP contribution in [-0.4, -0.2) is 10.2 Å². The maximum Gasteiger partial charge on any atom is 0.118 e. The normalized spacial score (nSPS) is 11.5. The van der Waals surface area contributed by atoms with E-state index in [1.165, 1.54) is 0 Å². The largest absolute Gasteiger partial charge is 0.508 e. The number of rotatable bonds is 3.